The van der Waals surface area contributed by atoms with Crippen LogP contribution in [0.1, 0.15) is 25.3 Å². The first kappa shape index (κ1) is 18.9. The summed E-state index contributed by atoms with van der Waals surface area (Å²) in [5, 5.41) is 4.47. The van der Waals surface area contributed by atoms with Gasteiger partial charge < -0.3 is 19.9 Å². The summed E-state index contributed by atoms with van der Waals surface area (Å²) in [5.41, 5.74) is 1.86. The second-order valence-electron chi connectivity index (χ2n) is 6.73. The Morgan fingerprint density at radius 3 is 3.19 bits per heavy atom. The van der Waals surface area contributed by atoms with Gasteiger partial charge in [0.2, 0.25) is 5.91 Å². The van der Waals surface area contributed by atoms with Gasteiger partial charge in [0.05, 0.1) is 12.0 Å². The van der Waals surface area contributed by atoms with E-state index in [1.807, 2.05) is 11.1 Å². The van der Waals surface area contributed by atoms with E-state index in [2.05, 4.69) is 39.7 Å². The second kappa shape index (κ2) is 8.69. The van der Waals surface area contributed by atoms with Gasteiger partial charge in [0.25, 0.3) is 0 Å². The van der Waals surface area contributed by atoms with Gasteiger partial charge >= 0.3 is 0 Å². The van der Waals surface area contributed by atoms with Crippen LogP contribution in [-0.4, -0.2) is 57.6 Å². The van der Waals surface area contributed by atoms with Crippen molar-refractivity contribution in [3.05, 3.63) is 30.7 Å². The average molecular weight is 367 g/mol. The van der Waals surface area contributed by atoms with Gasteiger partial charge in [0, 0.05) is 24.8 Å². The van der Waals surface area contributed by atoms with E-state index in [1.54, 1.807) is 0 Å². The molecule has 0 bridgehead atoms. The quantitative estimate of drug-likeness (QED) is 0.445. The number of rotatable bonds is 7. The maximum absolute atomic E-state index is 12.1. The van der Waals surface area contributed by atoms with Crippen molar-refractivity contribution in [3.63, 3.8) is 0 Å². The molecule has 0 aromatic carbocycles. The molecule has 1 amide bonds. The van der Waals surface area contributed by atoms with Gasteiger partial charge in [-0.25, -0.2) is 9.97 Å². The molecule has 2 aromatic heterocycles. The van der Waals surface area contributed by atoms with Crippen molar-refractivity contribution in [2.24, 2.45) is 0 Å². The van der Waals surface area contributed by atoms with Crippen molar-refractivity contribution in [2.75, 3.05) is 25.1 Å². The van der Waals surface area contributed by atoms with Crippen LogP contribution in [0.15, 0.2) is 25.2 Å². The Bertz CT molecular complexity index is 854. The number of anilines is 1. The minimum Gasteiger partial charge on any atom is -0.368 e. The van der Waals surface area contributed by atoms with Crippen LogP contribution in [0.3, 0.4) is 0 Å². The van der Waals surface area contributed by atoms with E-state index in [1.165, 1.54) is 12.4 Å². The van der Waals surface area contributed by atoms with Crippen molar-refractivity contribution in [1.82, 2.24) is 19.9 Å². The first-order valence-electron chi connectivity index (χ1n) is 9.15. The molecular weight excluding hydrogens is 342 g/mol. The minimum absolute atomic E-state index is 0.0326. The van der Waals surface area contributed by atoms with Crippen molar-refractivity contribution in [1.29, 1.82) is 0 Å². The van der Waals surface area contributed by atoms with Gasteiger partial charge in [-0.15, -0.1) is 6.42 Å². The van der Waals surface area contributed by atoms with Crippen LogP contribution in [0.2, 0.25) is 0 Å². The Morgan fingerprint density at radius 1 is 1.56 bits per heavy atom. The fraction of sp³-hybridized carbons (Fsp3) is 0.450. The topological polar surface area (TPSA) is 83.1 Å². The molecule has 142 valence electrons. The molecule has 2 N–H and O–H groups in total. The number of likely N-dealkylation sites (tertiary alicyclic amines) is 1. The van der Waals surface area contributed by atoms with Crippen LogP contribution in [0, 0.1) is 12.3 Å². The lowest BCUT2D eigenvalue weighted by molar-refractivity contribution is -0.129. The van der Waals surface area contributed by atoms with E-state index in [0.29, 0.717) is 26.2 Å². The third-order valence-corrected chi connectivity index (χ3v) is 4.93. The first-order valence-corrected chi connectivity index (χ1v) is 9.15. The zero-order chi connectivity index (χ0) is 19.2. The van der Waals surface area contributed by atoms with Crippen LogP contribution < -0.4 is 5.32 Å². The highest BCUT2D eigenvalue weighted by Gasteiger charge is 2.28. The standard InChI is InChI=1S/C20H25N5O2/c1-4-9-27-10-8-15-11-21-19-18(15)20(23-13-22-19)24-16-7-6-14(3)25(12-16)17(26)5-2/h1,5,11,13-14,16H,2,6-10,12H2,3H3,(H2,21,22,23,24)/t14-,16+/m0/s1. The van der Waals surface area contributed by atoms with E-state index in [-0.39, 0.29) is 18.0 Å². The largest absolute Gasteiger partial charge is 0.368 e. The molecule has 2 atom stereocenters. The number of hydrogen-bond acceptors (Lipinski definition) is 5. The maximum Gasteiger partial charge on any atom is 0.246 e. The molecule has 0 unspecified atom stereocenters. The monoisotopic (exact) mass is 367 g/mol. The number of fused-ring (bicyclic) bond motifs is 1. The molecule has 1 aliphatic rings. The maximum atomic E-state index is 12.1. The summed E-state index contributed by atoms with van der Waals surface area (Å²) < 4.78 is 5.39. The SMILES string of the molecule is C#CCOCCc1c[nH]c2ncnc(N[C@@H]3CC[C@H](C)N(C(=O)C=C)C3)c12. The molecule has 3 rings (SSSR count). The number of nitrogens with zero attached hydrogens (tertiary/aromatic N) is 3. The number of ether oxygens (including phenoxy) is 1. The summed E-state index contributed by atoms with van der Waals surface area (Å²) in [5.74, 6) is 3.21. The zero-order valence-corrected chi connectivity index (χ0v) is 15.6. The molecule has 0 spiro atoms. The lowest BCUT2D eigenvalue weighted by Crippen LogP contribution is -2.49. The van der Waals surface area contributed by atoms with Crippen molar-refractivity contribution in [2.45, 2.75) is 38.3 Å². The Kier molecular flexibility index (Phi) is 6.09. The van der Waals surface area contributed by atoms with E-state index < -0.39 is 0 Å². The summed E-state index contributed by atoms with van der Waals surface area (Å²) in [6.07, 6.45) is 12.7. The molecule has 7 nitrogen and oxygen atoms in total. The molecule has 1 aliphatic heterocycles. The van der Waals surface area contributed by atoms with E-state index in [4.69, 9.17) is 11.2 Å². The Morgan fingerprint density at radius 2 is 2.41 bits per heavy atom. The number of hydrogen-bond donors (Lipinski definition) is 2. The number of terminal acetylenes is 1. The third kappa shape index (κ3) is 4.29. The highest BCUT2D eigenvalue weighted by Crippen LogP contribution is 2.27. The van der Waals surface area contributed by atoms with Gasteiger partial charge in [-0.05, 0) is 37.8 Å². The summed E-state index contributed by atoms with van der Waals surface area (Å²) in [6, 6.07) is 0.346. The number of amides is 1. The predicted octanol–water partition coefficient (Wildman–Crippen LogP) is 2.13. The van der Waals surface area contributed by atoms with Gasteiger partial charge in [-0.2, -0.15) is 0 Å². The second-order valence-corrected chi connectivity index (χ2v) is 6.73. The first-order chi connectivity index (χ1) is 13.1. The van der Waals surface area contributed by atoms with Gasteiger partial charge in [-0.1, -0.05) is 12.5 Å². The Labute approximate surface area is 159 Å². The van der Waals surface area contributed by atoms with E-state index in [9.17, 15) is 4.79 Å². The highest BCUT2D eigenvalue weighted by molar-refractivity contribution is 5.90. The number of carbonyl (C=O) groups excluding carboxylic acids is 1. The molecule has 7 heteroatoms. The molecule has 0 radical (unpaired) electrons. The Balaban J connectivity index is 1.76. The fourth-order valence-electron chi connectivity index (χ4n) is 3.49. The summed E-state index contributed by atoms with van der Waals surface area (Å²) in [6.45, 7) is 7.14. The highest BCUT2D eigenvalue weighted by atomic mass is 16.5. The van der Waals surface area contributed by atoms with Crippen molar-refractivity contribution in [3.8, 4) is 12.3 Å². The smallest absolute Gasteiger partial charge is 0.246 e. The number of carbonyl (C=O) groups is 1. The minimum atomic E-state index is -0.0326. The van der Waals surface area contributed by atoms with Crippen LogP contribution in [0.4, 0.5) is 5.82 Å². The Hall–Kier alpha value is -2.85. The van der Waals surface area contributed by atoms with E-state index >= 15 is 0 Å². The van der Waals surface area contributed by atoms with Gasteiger partial charge in [0.1, 0.15) is 24.4 Å². The summed E-state index contributed by atoms with van der Waals surface area (Å²) in [4.78, 5) is 25.9. The van der Waals surface area contributed by atoms with Crippen LogP contribution >= 0.6 is 0 Å². The average Bonchev–Trinajstić information content (AvgIpc) is 3.10. The number of aromatic amines is 1. The lowest BCUT2D eigenvalue weighted by Gasteiger charge is -2.38. The molecule has 2 aromatic rings. The molecule has 3 heterocycles. The zero-order valence-electron chi connectivity index (χ0n) is 15.6. The number of nitrogens with one attached hydrogen (secondary N) is 2. The molecule has 0 saturated carbocycles. The van der Waals surface area contributed by atoms with Crippen LogP contribution in [0.5, 0.6) is 0 Å². The number of H-pyrrole nitrogens is 1. The van der Waals surface area contributed by atoms with Gasteiger partial charge in [-0.3, -0.25) is 4.79 Å². The van der Waals surface area contributed by atoms with E-state index in [0.717, 1.165) is 35.3 Å². The molecule has 0 aliphatic carbocycles. The summed E-state index contributed by atoms with van der Waals surface area (Å²) >= 11 is 0. The molecule has 1 saturated heterocycles. The number of piperidine rings is 1. The lowest BCUT2D eigenvalue weighted by atomic mass is 9.99. The molecule has 1 fully saturated rings. The predicted molar refractivity (Wildman–Crippen MR) is 105 cm³/mol. The normalized spacial score (nSPS) is 19.6. The molecule has 27 heavy (non-hydrogen) atoms. The number of aromatic nitrogens is 3. The van der Waals surface area contributed by atoms with Gasteiger partial charge in [0.15, 0.2) is 0 Å². The third-order valence-electron chi connectivity index (χ3n) is 4.93. The van der Waals surface area contributed by atoms with Crippen LogP contribution in [-0.2, 0) is 16.0 Å². The molecular formula is C20H25N5O2. The van der Waals surface area contributed by atoms with Crippen molar-refractivity contribution >= 4 is 22.8 Å². The summed E-state index contributed by atoms with van der Waals surface area (Å²) in [7, 11) is 0. The van der Waals surface area contributed by atoms with Crippen molar-refractivity contribution < 1.29 is 9.53 Å². The fourth-order valence-corrected chi connectivity index (χ4v) is 3.49. The van der Waals surface area contributed by atoms with Crippen LogP contribution in [0.25, 0.3) is 11.0 Å².